The number of hydrogen-bond donors (Lipinski definition) is 1. The number of esters is 1. The average Bonchev–Trinajstić information content (AvgIpc) is 3.12. The third-order valence-electron chi connectivity index (χ3n) is 4.55. The van der Waals surface area contributed by atoms with Crippen LogP contribution in [0.3, 0.4) is 0 Å². The number of ether oxygens (including phenoxy) is 2. The van der Waals surface area contributed by atoms with Crippen LogP contribution in [0, 0.1) is 5.92 Å². The van der Waals surface area contributed by atoms with Gasteiger partial charge in [-0.3, -0.25) is 0 Å². The van der Waals surface area contributed by atoms with E-state index < -0.39 is 11.6 Å². The van der Waals surface area contributed by atoms with Gasteiger partial charge in [0, 0.05) is 0 Å². The fourth-order valence-corrected chi connectivity index (χ4v) is 5.79. The molecule has 0 spiro atoms. The number of carboxylic acid groups (broad SMARTS) is 1. The van der Waals surface area contributed by atoms with E-state index in [0.717, 1.165) is 10.0 Å². The maximum absolute atomic E-state index is 12.0. The number of benzene rings is 2. The molecule has 1 saturated heterocycles. The zero-order valence-corrected chi connectivity index (χ0v) is 16.1. The molecular weight excluding hydrogens is 399 g/mol. The van der Waals surface area contributed by atoms with Crippen molar-refractivity contribution in [1.82, 2.24) is 0 Å². The van der Waals surface area contributed by atoms with Crippen LogP contribution in [0.5, 0.6) is 0 Å². The molecule has 1 N–H and O–H groups in total. The van der Waals surface area contributed by atoms with Crippen molar-refractivity contribution in [3.05, 3.63) is 65.7 Å². The van der Waals surface area contributed by atoms with E-state index in [1.54, 1.807) is 12.1 Å². The molecule has 2 aromatic rings. The van der Waals surface area contributed by atoms with E-state index in [1.807, 2.05) is 42.5 Å². The molecule has 0 aliphatic carbocycles. The molecule has 1 heterocycles. The second-order valence-electron chi connectivity index (χ2n) is 6.19. The molecule has 1 fully saturated rings. The van der Waals surface area contributed by atoms with Gasteiger partial charge in [-0.05, 0) is 0 Å². The Morgan fingerprint density at radius 2 is 1.88 bits per heavy atom. The Labute approximate surface area is 158 Å². The van der Waals surface area contributed by atoms with Crippen LogP contribution in [-0.2, 0) is 19.9 Å². The first-order valence-electron chi connectivity index (χ1n) is 8.28. The molecule has 2 atom stereocenters. The normalized spacial score (nSPS) is 22.1. The predicted octanol–water partition coefficient (Wildman–Crippen LogP) is 2.24. The Kier molecular flexibility index (Phi) is 5.77. The third-order valence-corrected chi connectivity index (χ3v) is 7.23. The second kappa shape index (κ2) is 8.04. The zero-order valence-electron chi connectivity index (χ0n) is 14.4. The van der Waals surface area contributed by atoms with E-state index in [2.05, 4.69) is 0 Å². The van der Waals surface area contributed by atoms with E-state index in [1.165, 1.54) is 7.11 Å². The average molecular weight is 419 g/mol. The Hall–Kier alpha value is -2.14. The summed E-state index contributed by atoms with van der Waals surface area (Å²) >= 11 is -0.115. The fraction of sp³-hybridized carbons (Fsp3) is 0.300. The van der Waals surface area contributed by atoms with Crippen molar-refractivity contribution in [2.24, 2.45) is 5.92 Å². The Morgan fingerprint density at radius 3 is 2.58 bits per heavy atom. The fourth-order valence-electron chi connectivity index (χ4n) is 3.18. The standard InChI is InChI=1S/C20H20O5Se/c1-24-19(23)14-11-20(25-12-14,15-7-3-2-4-8-15)13-26-17-10-6-5-9-16(17)18(21)22/h2-10,14H,11-13H2,1H3,(H,21,22)/t14-,20+/m1/s1. The van der Waals surface area contributed by atoms with Crippen molar-refractivity contribution in [3.63, 3.8) is 0 Å². The van der Waals surface area contributed by atoms with Crippen LogP contribution in [0.1, 0.15) is 22.3 Å². The number of carbonyl (C=O) groups is 2. The Morgan fingerprint density at radius 1 is 1.19 bits per heavy atom. The topological polar surface area (TPSA) is 72.8 Å². The van der Waals surface area contributed by atoms with Crippen LogP contribution in [0.2, 0.25) is 5.32 Å². The Balaban J connectivity index is 1.87. The molecule has 0 aromatic heterocycles. The van der Waals surface area contributed by atoms with Gasteiger partial charge in [-0.25, -0.2) is 0 Å². The van der Waals surface area contributed by atoms with Crippen LogP contribution < -0.4 is 4.46 Å². The molecule has 5 nitrogen and oxygen atoms in total. The first-order chi connectivity index (χ1) is 12.6. The summed E-state index contributed by atoms with van der Waals surface area (Å²) in [4.78, 5) is 23.4. The van der Waals surface area contributed by atoms with Crippen LogP contribution in [0.4, 0.5) is 0 Å². The van der Waals surface area contributed by atoms with E-state index in [9.17, 15) is 14.7 Å². The number of hydrogen-bond acceptors (Lipinski definition) is 4. The molecule has 0 unspecified atom stereocenters. The van der Waals surface area contributed by atoms with Crippen LogP contribution in [-0.4, -0.2) is 45.7 Å². The number of rotatable bonds is 6. The van der Waals surface area contributed by atoms with Gasteiger partial charge < -0.3 is 0 Å². The molecule has 6 heteroatoms. The minimum atomic E-state index is -0.920. The van der Waals surface area contributed by atoms with Crippen molar-refractivity contribution in [3.8, 4) is 0 Å². The van der Waals surface area contributed by atoms with Crippen molar-refractivity contribution in [2.75, 3.05) is 13.7 Å². The molecule has 0 amide bonds. The summed E-state index contributed by atoms with van der Waals surface area (Å²) in [5.41, 5.74) is 0.755. The van der Waals surface area contributed by atoms with E-state index in [-0.39, 0.29) is 26.8 Å². The third kappa shape index (κ3) is 3.83. The summed E-state index contributed by atoms with van der Waals surface area (Å²) in [5, 5.41) is 10.1. The van der Waals surface area contributed by atoms with E-state index in [4.69, 9.17) is 9.47 Å². The van der Waals surface area contributed by atoms with Crippen molar-refractivity contribution in [2.45, 2.75) is 17.3 Å². The van der Waals surface area contributed by atoms with Crippen LogP contribution in [0.25, 0.3) is 0 Å². The van der Waals surface area contributed by atoms with Gasteiger partial charge in [-0.15, -0.1) is 0 Å². The molecule has 0 saturated carbocycles. The summed E-state index contributed by atoms with van der Waals surface area (Å²) in [6, 6.07) is 16.9. The number of methoxy groups -OCH3 is 1. The summed E-state index contributed by atoms with van der Waals surface area (Å²) in [7, 11) is 1.39. The number of carboxylic acids is 1. The molecule has 0 bridgehead atoms. The minimum absolute atomic E-state index is 0.115. The molecule has 3 rings (SSSR count). The molecular formula is C20H20O5Se. The SMILES string of the molecule is COC(=O)[C@H]1CO[C@@](C[Se]c2ccccc2C(=O)O)(c2ccccc2)C1. The summed E-state index contributed by atoms with van der Waals surface area (Å²) in [6.07, 6.45) is 0.542. The summed E-state index contributed by atoms with van der Waals surface area (Å²) < 4.78 is 11.9. The van der Waals surface area contributed by atoms with Gasteiger partial charge in [0.05, 0.1) is 0 Å². The number of aromatic carboxylic acids is 1. The molecule has 1 aliphatic heterocycles. The van der Waals surface area contributed by atoms with E-state index in [0.29, 0.717) is 23.9 Å². The zero-order chi connectivity index (χ0) is 18.6. The van der Waals surface area contributed by atoms with Gasteiger partial charge in [0.1, 0.15) is 0 Å². The predicted molar refractivity (Wildman–Crippen MR) is 97.8 cm³/mol. The first-order valence-corrected chi connectivity index (χ1v) is 10.3. The molecule has 0 radical (unpaired) electrons. The van der Waals surface area contributed by atoms with Gasteiger partial charge in [-0.2, -0.15) is 0 Å². The molecule has 1 aliphatic rings. The monoisotopic (exact) mass is 420 g/mol. The van der Waals surface area contributed by atoms with Gasteiger partial charge in [-0.1, -0.05) is 0 Å². The summed E-state index contributed by atoms with van der Waals surface area (Å²) in [5.74, 6) is -1.48. The van der Waals surface area contributed by atoms with Gasteiger partial charge in [0.2, 0.25) is 0 Å². The van der Waals surface area contributed by atoms with Gasteiger partial charge in [0.25, 0.3) is 0 Å². The van der Waals surface area contributed by atoms with Crippen LogP contribution >= 0.6 is 0 Å². The molecule has 2 aromatic carbocycles. The quantitative estimate of drug-likeness (QED) is 0.575. The van der Waals surface area contributed by atoms with Gasteiger partial charge in [0.15, 0.2) is 0 Å². The molecule has 136 valence electrons. The van der Waals surface area contributed by atoms with Crippen LogP contribution in [0.15, 0.2) is 54.6 Å². The summed E-state index contributed by atoms with van der Waals surface area (Å²) in [6.45, 7) is 0.318. The van der Waals surface area contributed by atoms with Crippen molar-refractivity contribution in [1.29, 1.82) is 0 Å². The first kappa shape index (κ1) is 18.6. The maximum atomic E-state index is 12.0. The van der Waals surface area contributed by atoms with Crippen molar-refractivity contribution < 1.29 is 24.2 Å². The van der Waals surface area contributed by atoms with Gasteiger partial charge >= 0.3 is 158 Å². The second-order valence-corrected chi connectivity index (χ2v) is 8.32. The van der Waals surface area contributed by atoms with Crippen molar-refractivity contribution >= 4 is 31.4 Å². The number of carbonyl (C=O) groups excluding carboxylic acids is 1. The van der Waals surface area contributed by atoms with E-state index >= 15 is 0 Å². The Bertz CT molecular complexity index is 792. The molecule has 26 heavy (non-hydrogen) atoms.